The molecule has 12 heteroatoms. The number of halogens is 1. The average Bonchev–Trinajstić information content (AvgIpc) is 3.60. The number of hydrogen-bond acceptors (Lipinski definition) is 8. The van der Waals surface area contributed by atoms with E-state index < -0.39 is 29.1 Å². The number of carboxylic acid groups (broad SMARTS) is 1. The van der Waals surface area contributed by atoms with Crippen LogP contribution in [0.15, 0.2) is 57.7 Å². The third-order valence-electron chi connectivity index (χ3n) is 7.65. The molecule has 2 amide bonds. The Hall–Kier alpha value is -4.51. The van der Waals surface area contributed by atoms with Gasteiger partial charge in [0.25, 0.3) is 5.91 Å². The second-order valence-corrected chi connectivity index (χ2v) is 12.4. The molecule has 0 bridgehead atoms. The second kappa shape index (κ2) is 11.9. The number of carbonyl (C=O) groups excluding carboxylic acids is 3. The van der Waals surface area contributed by atoms with Gasteiger partial charge in [-0.2, -0.15) is 0 Å². The van der Waals surface area contributed by atoms with Gasteiger partial charge in [0, 0.05) is 30.8 Å². The summed E-state index contributed by atoms with van der Waals surface area (Å²) in [5.74, 6) is -2.64. The van der Waals surface area contributed by atoms with Crippen molar-refractivity contribution in [2.75, 3.05) is 12.4 Å². The molecule has 3 heterocycles. The van der Waals surface area contributed by atoms with Crippen molar-refractivity contribution in [2.24, 2.45) is 10.9 Å². The number of aromatic nitrogens is 1. The van der Waals surface area contributed by atoms with Gasteiger partial charge >= 0.3 is 12.1 Å². The minimum atomic E-state index is -1.80. The minimum Gasteiger partial charge on any atom is -0.478 e. The predicted octanol–water partition coefficient (Wildman–Crippen LogP) is 6.61. The van der Waals surface area contributed by atoms with Crippen LogP contribution in [0.25, 0.3) is 11.0 Å². The first-order valence-corrected chi connectivity index (χ1v) is 14.7. The number of carbonyl (C=O) groups is 4. The molecule has 1 aromatic carbocycles. The number of ketones is 1. The van der Waals surface area contributed by atoms with Crippen molar-refractivity contribution in [1.82, 2.24) is 9.88 Å². The zero-order valence-electron chi connectivity index (χ0n) is 24.8. The summed E-state index contributed by atoms with van der Waals surface area (Å²) < 4.78 is 11.6. The zero-order chi connectivity index (χ0) is 31.8. The highest BCUT2D eigenvalue weighted by Crippen LogP contribution is 2.45. The van der Waals surface area contributed by atoms with E-state index in [0.717, 1.165) is 19.3 Å². The van der Waals surface area contributed by atoms with Crippen molar-refractivity contribution in [3.8, 4) is 0 Å². The van der Waals surface area contributed by atoms with Crippen molar-refractivity contribution in [3.63, 3.8) is 0 Å². The number of pyridine rings is 1. The molecule has 2 aromatic heterocycles. The van der Waals surface area contributed by atoms with E-state index in [0.29, 0.717) is 17.9 Å². The number of fused-ring (bicyclic) bond motifs is 1. The van der Waals surface area contributed by atoms with Crippen LogP contribution < -0.4 is 5.32 Å². The van der Waals surface area contributed by atoms with E-state index >= 15 is 0 Å². The Morgan fingerprint density at radius 3 is 2.48 bits per heavy atom. The molecule has 0 spiro atoms. The molecular formula is C32H33ClN4O7. The number of Topliss-reactive ketones (excluding diaryl/α,β-unsaturated/α-hetero) is 1. The first-order valence-electron chi connectivity index (χ1n) is 14.3. The lowest BCUT2D eigenvalue weighted by Crippen LogP contribution is -2.39. The van der Waals surface area contributed by atoms with Gasteiger partial charge in [-0.3, -0.25) is 19.5 Å². The van der Waals surface area contributed by atoms with E-state index in [1.165, 1.54) is 54.7 Å². The quantitative estimate of drug-likeness (QED) is 0.299. The Balaban J connectivity index is 1.71. The van der Waals surface area contributed by atoms with Crippen molar-refractivity contribution in [2.45, 2.75) is 64.0 Å². The molecule has 1 fully saturated rings. The van der Waals surface area contributed by atoms with E-state index in [-0.39, 0.29) is 51.1 Å². The third-order valence-corrected chi connectivity index (χ3v) is 7.88. The van der Waals surface area contributed by atoms with Crippen LogP contribution in [0.5, 0.6) is 0 Å². The van der Waals surface area contributed by atoms with Crippen molar-refractivity contribution >= 4 is 58.4 Å². The molecule has 230 valence electrons. The maximum atomic E-state index is 14.6. The standard InChI is InChI=1S/C32H33ClN4O7/c1-31(2,3)44-30(42)37(4)21-15-32(35-17-21,27(38)18-8-6-5-7-9-18)25-22-14-19(29(40)41)10-12-23(22)43-26(25)28(39)36-24-13-11-20(33)16-34-24/h10-18H,5-9H2,1-4H3,(H,40,41)(H,34,36,39). The van der Waals surface area contributed by atoms with Gasteiger partial charge in [0.05, 0.1) is 21.8 Å². The molecule has 0 saturated heterocycles. The fourth-order valence-electron chi connectivity index (χ4n) is 5.54. The van der Waals surface area contributed by atoms with Crippen LogP contribution in [0, 0.1) is 5.92 Å². The second-order valence-electron chi connectivity index (χ2n) is 12.0. The lowest BCUT2D eigenvalue weighted by Gasteiger charge is -2.30. The Morgan fingerprint density at radius 2 is 1.84 bits per heavy atom. The number of benzene rings is 1. The number of nitrogens with zero attached hydrogens (tertiary/aromatic N) is 3. The Kier molecular flexibility index (Phi) is 8.35. The van der Waals surface area contributed by atoms with Crippen LogP contribution in [0.4, 0.5) is 10.6 Å². The van der Waals surface area contributed by atoms with Gasteiger partial charge < -0.3 is 19.6 Å². The van der Waals surface area contributed by atoms with Crippen molar-refractivity contribution < 1.29 is 33.4 Å². The molecule has 1 atom stereocenters. The van der Waals surface area contributed by atoms with Crippen LogP contribution in [-0.4, -0.2) is 57.6 Å². The summed E-state index contributed by atoms with van der Waals surface area (Å²) in [5.41, 5.74) is -2.09. The molecule has 44 heavy (non-hydrogen) atoms. The number of carboxylic acids is 1. The summed E-state index contributed by atoms with van der Waals surface area (Å²) in [4.78, 5) is 63.5. The maximum absolute atomic E-state index is 14.6. The lowest BCUT2D eigenvalue weighted by atomic mass is 9.74. The molecule has 5 rings (SSSR count). The molecular weight excluding hydrogens is 588 g/mol. The maximum Gasteiger partial charge on any atom is 0.414 e. The third kappa shape index (κ3) is 6.10. The summed E-state index contributed by atoms with van der Waals surface area (Å²) in [6.45, 7) is 5.22. The Morgan fingerprint density at radius 1 is 1.11 bits per heavy atom. The molecule has 1 aliphatic heterocycles. The summed E-state index contributed by atoms with van der Waals surface area (Å²) >= 11 is 5.96. The average molecular weight is 621 g/mol. The van der Waals surface area contributed by atoms with E-state index in [1.54, 1.807) is 26.8 Å². The van der Waals surface area contributed by atoms with E-state index in [9.17, 15) is 24.3 Å². The fourth-order valence-corrected chi connectivity index (χ4v) is 5.65. The summed E-state index contributed by atoms with van der Waals surface area (Å²) in [6.07, 6.45) is 7.61. The van der Waals surface area contributed by atoms with Crippen LogP contribution in [0.2, 0.25) is 5.02 Å². The van der Waals surface area contributed by atoms with Gasteiger partial charge in [-0.25, -0.2) is 14.6 Å². The molecule has 11 nitrogen and oxygen atoms in total. The van der Waals surface area contributed by atoms with Crippen LogP contribution in [0.1, 0.15) is 79.4 Å². The number of rotatable bonds is 7. The lowest BCUT2D eigenvalue weighted by molar-refractivity contribution is -0.127. The SMILES string of the molecule is CN(C(=O)OC(C)(C)C)C1=CC(C(=O)C2CCCCC2)(c2c(C(=O)Nc3ccc(Cl)cn3)oc3ccc(C(=O)O)cc23)N=C1. The smallest absolute Gasteiger partial charge is 0.414 e. The zero-order valence-corrected chi connectivity index (χ0v) is 25.6. The summed E-state index contributed by atoms with van der Waals surface area (Å²) in [7, 11) is 1.50. The van der Waals surface area contributed by atoms with E-state index in [1.807, 2.05) is 0 Å². The number of nitrogens with one attached hydrogen (secondary N) is 1. The van der Waals surface area contributed by atoms with Crippen molar-refractivity contribution in [1.29, 1.82) is 0 Å². The number of aliphatic imine (C=N–C) groups is 1. The minimum absolute atomic E-state index is 0.0665. The normalized spacial score (nSPS) is 18.6. The van der Waals surface area contributed by atoms with Gasteiger partial charge in [-0.1, -0.05) is 30.9 Å². The van der Waals surface area contributed by atoms with Gasteiger partial charge in [0.1, 0.15) is 17.0 Å². The van der Waals surface area contributed by atoms with Gasteiger partial charge in [-0.05, 0) is 70.0 Å². The number of aromatic carboxylic acids is 1. The molecule has 3 aromatic rings. The molecule has 0 radical (unpaired) electrons. The first-order chi connectivity index (χ1) is 20.8. The van der Waals surface area contributed by atoms with Gasteiger partial charge in [0.2, 0.25) is 0 Å². The van der Waals surface area contributed by atoms with E-state index in [4.69, 9.17) is 25.7 Å². The number of hydrogen-bond donors (Lipinski definition) is 2. The number of ether oxygens (including phenoxy) is 1. The Bertz CT molecular complexity index is 1700. The number of amides is 2. The Labute approximate surface area is 258 Å². The monoisotopic (exact) mass is 620 g/mol. The van der Waals surface area contributed by atoms with Crippen LogP contribution in [0.3, 0.4) is 0 Å². The van der Waals surface area contributed by atoms with Gasteiger partial charge in [0.15, 0.2) is 17.1 Å². The number of allylic oxidation sites excluding steroid dienone is 1. The largest absolute Gasteiger partial charge is 0.478 e. The number of furan rings is 1. The molecule has 1 aliphatic carbocycles. The van der Waals surface area contributed by atoms with Crippen LogP contribution in [-0.2, 0) is 15.1 Å². The van der Waals surface area contributed by atoms with Gasteiger partial charge in [-0.15, -0.1) is 0 Å². The molecule has 2 N–H and O–H groups in total. The molecule has 1 unspecified atom stereocenters. The summed E-state index contributed by atoms with van der Waals surface area (Å²) in [6, 6.07) is 7.22. The number of anilines is 1. The highest BCUT2D eigenvalue weighted by molar-refractivity contribution is 6.30. The highest BCUT2D eigenvalue weighted by Gasteiger charge is 2.49. The fraction of sp³-hybridized carbons (Fsp3) is 0.375. The topological polar surface area (TPSA) is 151 Å². The summed E-state index contributed by atoms with van der Waals surface area (Å²) in [5, 5.41) is 13.1. The van der Waals surface area contributed by atoms with Crippen molar-refractivity contribution in [3.05, 3.63) is 70.2 Å². The highest BCUT2D eigenvalue weighted by atomic mass is 35.5. The first kappa shape index (κ1) is 30.9. The van der Waals surface area contributed by atoms with Crippen LogP contribution >= 0.6 is 11.6 Å². The van der Waals surface area contributed by atoms with E-state index in [2.05, 4.69) is 10.3 Å². The predicted molar refractivity (Wildman–Crippen MR) is 164 cm³/mol. The molecule has 1 saturated carbocycles. The molecule has 2 aliphatic rings.